The van der Waals surface area contributed by atoms with Gasteiger partial charge in [-0.2, -0.15) is 0 Å². The van der Waals surface area contributed by atoms with E-state index < -0.39 is 0 Å². The molecule has 1 radical (unpaired) electrons. The fourth-order valence-electron chi connectivity index (χ4n) is 2.56. The van der Waals surface area contributed by atoms with Gasteiger partial charge < -0.3 is 0 Å². The lowest BCUT2D eigenvalue weighted by Crippen LogP contribution is -2.19. The molecular weight excluding hydrogens is 170 g/mol. The van der Waals surface area contributed by atoms with Gasteiger partial charge in [0.2, 0.25) is 0 Å². The van der Waals surface area contributed by atoms with Crippen molar-refractivity contribution in [2.24, 2.45) is 5.92 Å². The van der Waals surface area contributed by atoms with Gasteiger partial charge >= 0.3 is 0 Å². The minimum absolute atomic E-state index is 0.263. The van der Waals surface area contributed by atoms with Crippen LogP contribution in [0.1, 0.15) is 71.1 Å². The Kier molecular flexibility index (Phi) is 6.25. The Morgan fingerprint density at radius 1 is 1.07 bits per heavy atom. The molecular formula is C13H26N. The zero-order chi connectivity index (χ0) is 10.2. The smallest absolute Gasteiger partial charge is 0.0241 e. The van der Waals surface area contributed by atoms with Crippen LogP contribution in [0.15, 0.2) is 0 Å². The third-order valence-corrected chi connectivity index (χ3v) is 3.59. The summed E-state index contributed by atoms with van der Waals surface area (Å²) in [4.78, 5) is 0. The maximum Gasteiger partial charge on any atom is 0.0241 e. The molecule has 0 saturated heterocycles. The summed E-state index contributed by atoms with van der Waals surface area (Å²) in [7, 11) is 0. The lowest BCUT2D eigenvalue weighted by Gasteiger charge is -2.17. The maximum atomic E-state index is 8.05. The quantitative estimate of drug-likeness (QED) is 0.545. The van der Waals surface area contributed by atoms with Crippen molar-refractivity contribution in [3.05, 3.63) is 0 Å². The van der Waals surface area contributed by atoms with Crippen molar-refractivity contribution in [1.82, 2.24) is 5.73 Å². The van der Waals surface area contributed by atoms with Gasteiger partial charge in [-0.3, -0.25) is 5.73 Å². The molecule has 0 heterocycles. The highest BCUT2D eigenvalue weighted by molar-refractivity contribution is 4.77. The minimum atomic E-state index is 0.263. The monoisotopic (exact) mass is 196 g/mol. The Labute approximate surface area is 89.5 Å². The van der Waals surface area contributed by atoms with Crippen molar-refractivity contribution in [3.8, 4) is 0 Å². The van der Waals surface area contributed by atoms with E-state index in [1.807, 2.05) is 0 Å². The van der Waals surface area contributed by atoms with Crippen LogP contribution >= 0.6 is 0 Å². The molecule has 1 atom stereocenters. The van der Waals surface area contributed by atoms with E-state index in [0.29, 0.717) is 0 Å². The van der Waals surface area contributed by atoms with Crippen LogP contribution in [0.2, 0.25) is 0 Å². The molecule has 0 aromatic carbocycles. The molecule has 0 aliphatic heterocycles. The largest absolute Gasteiger partial charge is 0.254 e. The molecule has 14 heavy (non-hydrogen) atoms. The molecule has 83 valence electrons. The Morgan fingerprint density at radius 3 is 2.36 bits per heavy atom. The van der Waals surface area contributed by atoms with Crippen molar-refractivity contribution >= 4 is 0 Å². The molecule has 1 nitrogen and oxygen atoms in total. The highest BCUT2D eigenvalue weighted by Gasteiger charge is 2.21. The first-order valence-electron chi connectivity index (χ1n) is 6.55. The van der Waals surface area contributed by atoms with Gasteiger partial charge in [-0.05, 0) is 25.2 Å². The van der Waals surface area contributed by atoms with Crippen molar-refractivity contribution in [1.29, 1.82) is 0 Å². The summed E-state index contributed by atoms with van der Waals surface area (Å²) >= 11 is 0. The number of hydrogen-bond donors (Lipinski definition) is 0. The predicted molar refractivity (Wildman–Crippen MR) is 62.2 cm³/mol. The molecule has 0 amide bonds. The predicted octanol–water partition coefficient (Wildman–Crippen LogP) is 4.19. The zero-order valence-corrected chi connectivity index (χ0v) is 9.73. The average molecular weight is 196 g/mol. The second kappa shape index (κ2) is 7.28. The van der Waals surface area contributed by atoms with Gasteiger partial charge in [0.15, 0.2) is 0 Å². The van der Waals surface area contributed by atoms with Crippen LogP contribution in [0.3, 0.4) is 0 Å². The van der Waals surface area contributed by atoms with E-state index in [2.05, 4.69) is 6.92 Å². The third-order valence-electron chi connectivity index (χ3n) is 3.59. The van der Waals surface area contributed by atoms with Gasteiger partial charge in [0, 0.05) is 6.04 Å². The second-order valence-electron chi connectivity index (χ2n) is 4.85. The average Bonchev–Trinajstić information content (AvgIpc) is 2.70. The second-order valence-corrected chi connectivity index (χ2v) is 4.85. The molecule has 0 bridgehead atoms. The number of hydrogen-bond acceptors (Lipinski definition) is 0. The molecule has 1 aliphatic carbocycles. The van der Waals surface area contributed by atoms with Crippen LogP contribution in [0.25, 0.3) is 0 Å². The van der Waals surface area contributed by atoms with Crippen LogP contribution < -0.4 is 5.73 Å². The summed E-state index contributed by atoms with van der Waals surface area (Å²) in [5, 5.41) is 0. The first-order valence-corrected chi connectivity index (χ1v) is 6.55. The lowest BCUT2D eigenvalue weighted by molar-refractivity contribution is 0.386. The molecule has 1 unspecified atom stereocenters. The lowest BCUT2D eigenvalue weighted by atomic mass is 9.94. The van der Waals surface area contributed by atoms with Crippen molar-refractivity contribution in [3.63, 3.8) is 0 Å². The minimum Gasteiger partial charge on any atom is -0.254 e. The Morgan fingerprint density at radius 2 is 1.71 bits per heavy atom. The zero-order valence-electron chi connectivity index (χ0n) is 9.73. The first kappa shape index (κ1) is 12.0. The van der Waals surface area contributed by atoms with E-state index in [1.54, 1.807) is 0 Å². The highest BCUT2D eigenvalue weighted by Crippen LogP contribution is 2.29. The molecule has 1 fully saturated rings. The molecule has 0 spiro atoms. The summed E-state index contributed by atoms with van der Waals surface area (Å²) < 4.78 is 0. The molecule has 1 N–H and O–H groups in total. The van der Waals surface area contributed by atoms with E-state index in [1.165, 1.54) is 57.8 Å². The van der Waals surface area contributed by atoms with Gasteiger partial charge in [0.25, 0.3) is 0 Å². The van der Waals surface area contributed by atoms with E-state index in [4.69, 9.17) is 5.73 Å². The van der Waals surface area contributed by atoms with E-state index in [0.717, 1.165) is 12.3 Å². The Balaban J connectivity index is 1.94. The first-order chi connectivity index (χ1) is 6.84. The fourth-order valence-corrected chi connectivity index (χ4v) is 2.56. The third kappa shape index (κ3) is 4.45. The van der Waals surface area contributed by atoms with Crippen LogP contribution in [-0.4, -0.2) is 6.04 Å². The number of unbranched alkanes of at least 4 members (excludes halogenated alkanes) is 4. The van der Waals surface area contributed by atoms with Crippen molar-refractivity contribution in [2.45, 2.75) is 77.2 Å². The van der Waals surface area contributed by atoms with Gasteiger partial charge in [0.05, 0.1) is 0 Å². The summed E-state index contributed by atoms with van der Waals surface area (Å²) in [6.07, 6.45) is 13.3. The maximum absolute atomic E-state index is 8.05. The van der Waals surface area contributed by atoms with Gasteiger partial charge in [0.1, 0.15) is 0 Å². The van der Waals surface area contributed by atoms with Crippen molar-refractivity contribution < 1.29 is 0 Å². The molecule has 1 rings (SSSR count). The molecule has 1 saturated carbocycles. The summed E-state index contributed by atoms with van der Waals surface area (Å²) in [5.74, 6) is 0.751. The SMILES string of the molecule is CCCCCCCC([NH])C1CCCC1. The van der Waals surface area contributed by atoms with Crippen LogP contribution in [-0.2, 0) is 0 Å². The number of rotatable bonds is 7. The van der Waals surface area contributed by atoms with E-state index in [9.17, 15) is 0 Å². The van der Waals surface area contributed by atoms with Gasteiger partial charge in [-0.25, -0.2) is 0 Å². The molecule has 1 aliphatic rings. The Bertz CT molecular complexity index is 127. The molecule has 0 aromatic rings. The van der Waals surface area contributed by atoms with Crippen LogP contribution in [0.4, 0.5) is 0 Å². The van der Waals surface area contributed by atoms with Gasteiger partial charge in [-0.1, -0.05) is 51.9 Å². The standard InChI is InChI=1S/C13H26N/c1-2-3-4-5-6-11-13(14)12-9-7-8-10-12/h12-14H,2-11H2,1H3. The summed E-state index contributed by atoms with van der Waals surface area (Å²) in [6.45, 7) is 2.26. The molecule has 1 heteroatoms. The van der Waals surface area contributed by atoms with E-state index >= 15 is 0 Å². The molecule has 0 aromatic heterocycles. The number of nitrogens with one attached hydrogen (secondary N) is 1. The van der Waals surface area contributed by atoms with Crippen molar-refractivity contribution in [2.75, 3.05) is 0 Å². The normalized spacial score (nSPS) is 20.1. The summed E-state index contributed by atoms with van der Waals surface area (Å²) in [5.41, 5.74) is 8.05. The highest BCUT2D eigenvalue weighted by atomic mass is 14.6. The Hall–Kier alpha value is -0.0400. The van der Waals surface area contributed by atoms with E-state index in [-0.39, 0.29) is 6.04 Å². The van der Waals surface area contributed by atoms with Gasteiger partial charge in [-0.15, -0.1) is 0 Å². The topological polar surface area (TPSA) is 23.8 Å². The summed E-state index contributed by atoms with van der Waals surface area (Å²) in [6, 6.07) is 0.263. The fraction of sp³-hybridized carbons (Fsp3) is 1.00. The van der Waals surface area contributed by atoms with Crippen LogP contribution in [0.5, 0.6) is 0 Å². The van der Waals surface area contributed by atoms with Crippen LogP contribution in [0, 0.1) is 5.92 Å².